The molecule has 0 saturated heterocycles. The van der Waals surface area contributed by atoms with Crippen molar-refractivity contribution in [2.75, 3.05) is 13.1 Å². The quantitative estimate of drug-likeness (QED) is 0.565. The highest BCUT2D eigenvalue weighted by Gasteiger charge is 2.12. The van der Waals surface area contributed by atoms with E-state index >= 15 is 0 Å². The van der Waals surface area contributed by atoms with Gasteiger partial charge in [0.25, 0.3) is 5.69 Å². The molecule has 8 nitrogen and oxygen atoms in total. The normalized spacial score (nSPS) is 10.6. The van der Waals surface area contributed by atoms with Crippen LogP contribution in [0.2, 0.25) is 0 Å². The van der Waals surface area contributed by atoms with E-state index in [1.165, 1.54) is 12.1 Å². The fraction of sp³-hybridized carbons (Fsp3) is 0.375. The summed E-state index contributed by atoms with van der Waals surface area (Å²) in [6.45, 7) is 3.38. The van der Waals surface area contributed by atoms with Crippen molar-refractivity contribution in [2.24, 2.45) is 7.05 Å². The van der Waals surface area contributed by atoms with Crippen LogP contribution in [0.3, 0.4) is 0 Å². The molecule has 0 aliphatic carbocycles. The van der Waals surface area contributed by atoms with Gasteiger partial charge < -0.3 is 10.6 Å². The number of hydrogen-bond donors (Lipinski definition) is 2. The molecule has 0 bridgehead atoms. The SMILES string of the molecule is CCCNC(=O)CNCc1cn(C)nc1-c1ccc([N+](=O)[O-])cc1. The van der Waals surface area contributed by atoms with E-state index in [9.17, 15) is 14.9 Å². The molecular formula is C16H21N5O3. The molecule has 1 aromatic heterocycles. The lowest BCUT2D eigenvalue weighted by molar-refractivity contribution is -0.384. The van der Waals surface area contributed by atoms with Crippen molar-refractivity contribution in [1.82, 2.24) is 20.4 Å². The molecular weight excluding hydrogens is 310 g/mol. The summed E-state index contributed by atoms with van der Waals surface area (Å²) in [7, 11) is 1.81. The molecule has 0 radical (unpaired) electrons. The maximum atomic E-state index is 11.6. The van der Waals surface area contributed by atoms with Crippen LogP contribution in [-0.2, 0) is 18.4 Å². The third-order valence-corrected chi connectivity index (χ3v) is 3.43. The van der Waals surface area contributed by atoms with E-state index in [0.29, 0.717) is 13.1 Å². The maximum absolute atomic E-state index is 11.6. The molecule has 1 amide bonds. The minimum absolute atomic E-state index is 0.0435. The minimum Gasteiger partial charge on any atom is -0.355 e. The number of benzene rings is 1. The second-order valence-electron chi connectivity index (χ2n) is 5.43. The molecule has 2 rings (SSSR count). The highest BCUT2D eigenvalue weighted by Crippen LogP contribution is 2.24. The van der Waals surface area contributed by atoms with E-state index in [1.807, 2.05) is 20.2 Å². The van der Waals surface area contributed by atoms with Crippen molar-refractivity contribution in [3.63, 3.8) is 0 Å². The summed E-state index contributed by atoms with van der Waals surface area (Å²) in [4.78, 5) is 21.9. The number of rotatable bonds is 8. The summed E-state index contributed by atoms with van der Waals surface area (Å²) in [5.74, 6) is -0.0439. The van der Waals surface area contributed by atoms with Gasteiger partial charge in [0.15, 0.2) is 0 Å². The molecule has 128 valence electrons. The second kappa shape index (κ2) is 8.21. The summed E-state index contributed by atoms with van der Waals surface area (Å²) in [5.41, 5.74) is 2.51. The van der Waals surface area contributed by atoms with Crippen molar-refractivity contribution in [3.05, 3.63) is 46.1 Å². The summed E-state index contributed by atoms with van der Waals surface area (Å²) in [6, 6.07) is 6.27. The molecule has 0 aliphatic heterocycles. The van der Waals surface area contributed by atoms with Gasteiger partial charge in [-0.1, -0.05) is 6.92 Å². The molecule has 8 heteroatoms. The summed E-state index contributed by atoms with van der Waals surface area (Å²) >= 11 is 0. The number of hydrogen-bond acceptors (Lipinski definition) is 5. The van der Waals surface area contributed by atoms with Gasteiger partial charge in [0.1, 0.15) is 0 Å². The lowest BCUT2D eigenvalue weighted by Crippen LogP contribution is -2.33. The first-order valence-corrected chi connectivity index (χ1v) is 7.76. The maximum Gasteiger partial charge on any atom is 0.269 e. The standard InChI is InChI=1S/C16H21N5O3/c1-3-8-18-15(22)10-17-9-13-11-20(2)19-16(13)12-4-6-14(7-5-12)21(23)24/h4-7,11,17H,3,8-10H2,1-2H3,(H,18,22). The Hall–Kier alpha value is -2.74. The molecule has 0 atom stereocenters. The van der Waals surface area contributed by atoms with Crippen LogP contribution in [0.1, 0.15) is 18.9 Å². The van der Waals surface area contributed by atoms with Crippen molar-refractivity contribution in [3.8, 4) is 11.3 Å². The lowest BCUT2D eigenvalue weighted by Gasteiger charge is -2.06. The van der Waals surface area contributed by atoms with Gasteiger partial charge >= 0.3 is 0 Å². The molecule has 0 aliphatic rings. The van der Waals surface area contributed by atoms with Crippen LogP contribution in [0.15, 0.2) is 30.5 Å². The highest BCUT2D eigenvalue weighted by molar-refractivity contribution is 5.78. The molecule has 0 fully saturated rings. The van der Waals surface area contributed by atoms with Crippen LogP contribution in [0.5, 0.6) is 0 Å². The van der Waals surface area contributed by atoms with Crippen LogP contribution in [0.4, 0.5) is 5.69 Å². The fourth-order valence-corrected chi connectivity index (χ4v) is 2.29. The molecule has 2 aromatic rings. The van der Waals surface area contributed by atoms with Crippen molar-refractivity contribution >= 4 is 11.6 Å². The van der Waals surface area contributed by atoms with Crippen LogP contribution < -0.4 is 10.6 Å². The Morgan fingerprint density at radius 3 is 2.67 bits per heavy atom. The number of aromatic nitrogens is 2. The summed E-state index contributed by atoms with van der Waals surface area (Å²) < 4.78 is 1.69. The van der Waals surface area contributed by atoms with E-state index < -0.39 is 4.92 Å². The Morgan fingerprint density at radius 2 is 2.04 bits per heavy atom. The van der Waals surface area contributed by atoms with Gasteiger partial charge in [-0.3, -0.25) is 19.6 Å². The number of nitrogens with one attached hydrogen (secondary N) is 2. The second-order valence-corrected chi connectivity index (χ2v) is 5.43. The summed E-state index contributed by atoms with van der Waals surface area (Å²) in [5, 5.41) is 21.0. The number of aryl methyl sites for hydroxylation is 1. The monoisotopic (exact) mass is 331 g/mol. The Morgan fingerprint density at radius 1 is 1.33 bits per heavy atom. The molecule has 24 heavy (non-hydrogen) atoms. The third-order valence-electron chi connectivity index (χ3n) is 3.43. The Kier molecular flexibility index (Phi) is 6.02. The first-order valence-electron chi connectivity index (χ1n) is 7.76. The molecule has 1 heterocycles. The fourth-order valence-electron chi connectivity index (χ4n) is 2.29. The largest absolute Gasteiger partial charge is 0.355 e. The van der Waals surface area contributed by atoms with Gasteiger partial charge in [-0.05, 0) is 18.6 Å². The average Bonchev–Trinajstić information content (AvgIpc) is 2.93. The van der Waals surface area contributed by atoms with Gasteiger partial charge in [-0.2, -0.15) is 5.10 Å². The Labute approximate surface area is 140 Å². The van der Waals surface area contributed by atoms with Crippen LogP contribution >= 0.6 is 0 Å². The Bertz CT molecular complexity index is 709. The Balaban J connectivity index is 2.04. The number of nitro groups is 1. The topological polar surface area (TPSA) is 102 Å². The van der Waals surface area contributed by atoms with E-state index in [4.69, 9.17) is 0 Å². The van der Waals surface area contributed by atoms with Gasteiger partial charge in [0.2, 0.25) is 5.91 Å². The predicted octanol–water partition coefficient (Wildman–Crippen LogP) is 1.61. The van der Waals surface area contributed by atoms with Crippen molar-refractivity contribution in [1.29, 1.82) is 0 Å². The molecule has 1 aromatic carbocycles. The third kappa shape index (κ3) is 4.63. The molecule has 0 unspecified atom stereocenters. The molecule has 0 spiro atoms. The lowest BCUT2D eigenvalue weighted by atomic mass is 10.1. The van der Waals surface area contributed by atoms with Crippen LogP contribution in [-0.4, -0.2) is 33.7 Å². The zero-order valence-electron chi connectivity index (χ0n) is 13.8. The summed E-state index contributed by atoms with van der Waals surface area (Å²) in [6.07, 6.45) is 2.77. The number of carbonyl (C=O) groups is 1. The highest BCUT2D eigenvalue weighted by atomic mass is 16.6. The predicted molar refractivity (Wildman–Crippen MR) is 90.3 cm³/mol. The minimum atomic E-state index is -0.431. The average molecular weight is 331 g/mol. The van der Waals surface area contributed by atoms with Crippen LogP contribution in [0, 0.1) is 10.1 Å². The first kappa shape index (κ1) is 17.6. The molecule has 0 saturated carbocycles. The van der Waals surface area contributed by atoms with E-state index in [0.717, 1.165) is 23.2 Å². The number of carbonyl (C=O) groups excluding carboxylic acids is 1. The van der Waals surface area contributed by atoms with Gasteiger partial charge in [-0.25, -0.2) is 0 Å². The van der Waals surface area contributed by atoms with Gasteiger partial charge in [0, 0.05) is 49.6 Å². The van der Waals surface area contributed by atoms with Gasteiger partial charge in [0.05, 0.1) is 17.2 Å². The van der Waals surface area contributed by atoms with Crippen LogP contribution in [0.25, 0.3) is 11.3 Å². The number of nitrogens with zero attached hydrogens (tertiary/aromatic N) is 3. The van der Waals surface area contributed by atoms with Gasteiger partial charge in [-0.15, -0.1) is 0 Å². The van der Waals surface area contributed by atoms with Crippen molar-refractivity contribution < 1.29 is 9.72 Å². The number of amides is 1. The van der Waals surface area contributed by atoms with E-state index in [-0.39, 0.29) is 18.1 Å². The zero-order valence-corrected chi connectivity index (χ0v) is 13.8. The first-order chi connectivity index (χ1) is 11.5. The van der Waals surface area contributed by atoms with E-state index in [2.05, 4.69) is 15.7 Å². The smallest absolute Gasteiger partial charge is 0.269 e. The van der Waals surface area contributed by atoms with E-state index in [1.54, 1.807) is 16.8 Å². The van der Waals surface area contributed by atoms with Crippen molar-refractivity contribution in [2.45, 2.75) is 19.9 Å². The number of nitro benzene ring substituents is 1. The molecule has 2 N–H and O–H groups in total. The number of non-ortho nitro benzene ring substituents is 1. The zero-order chi connectivity index (χ0) is 17.5.